The normalized spacial score (nSPS) is 15.6. The van der Waals surface area contributed by atoms with Gasteiger partial charge in [-0.05, 0) is 42.0 Å². The molecule has 2 heterocycles. The van der Waals surface area contributed by atoms with Gasteiger partial charge in [0.15, 0.2) is 11.5 Å². The van der Waals surface area contributed by atoms with Crippen LogP contribution in [-0.2, 0) is 6.18 Å². The fraction of sp³-hybridized carbons (Fsp3) is 0.292. The Balaban J connectivity index is 1.40. The molecule has 6 nitrogen and oxygen atoms in total. The minimum absolute atomic E-state index is 0.212. The highest BCUT2D eigenvalue weighted by molar-refractivity contribution is 5.38. The molecule has 0 amide bonds. The van der Waals surface area contributed by atoms with Gasteiger partial charge >= 0.3 is 6.18 Å². The second-order valence-electron chi connectivity index (χ2n) is 7.72. The molecule has 1 aliphatic heterocycles. The predicted octanol–water partition coefficient (Wildman–Crippen LogP) is 4.31. The van der Waals surface area contributed by atoms with Crippen LogP contribution in [0.1, 0.15) is 22.9 Å². The summed E-state index contributed by atoms with van der Waals surface area (Å²) in [5, 5.41) is 16.1. The van der Waals surface area contributed by atoms with Crippen LogP contribution in [0.25, 0.3) is 0 Å². The topological polar surface area (TPSA) is 65.3 Å². The number of hydrogen-bond acceptors (Lipinski definition) is 6. The van der Waals surface area contributed by atoms with E-state index in [1.54, 1.807) is 24.3 Å². The summed E-state index contributed by atoms with van der Waals surface area (Å²) >= 11 is 0. The van der Waals surface area contributed by atoms with Gasteiger partial charge in [-0.25, -0.2) is 0 Å². The average Bonchev–Trinajstić information content (AvgIpc) is 2.85. The molecule has 4 rings (SSSR count). The number of piperazine rings is 1. The molecule has 1 aliphatic rings. The SMILES string of the molecule is N#Cc1ccc(OC(CN2CCN(c3ccc(C(F)(F)F)nn3)CC2)c2ccccc2)cc1. The van der Waals surface area contributed by atoms with Gasteiger partial charge in [-0.1, -0.05) is 30.3 Å². The summed E-state index contributed by atoms with van der Waals surface area (Å²) in [6.07, 6.45) is -4.71. The van der Waals surface area contributed by atoms with E-state index in [1.165, 1.54) is 6.07 Å². The van der Waals surface area contributed by atoms with Crippen LogP contribution in [0.2, 0.25) is 0 Å². The molecule has 3 aromatic rings. The Bertz CT molecular complexity index is 1070. The number of rotatable bonds is 6. The first-order valence-electron chi connectivity index (χ1n) is 10.5. The van der Waals surface area contributed by atoms with Crippen LogP contribution >= 0.6 is 0 Å². The molecule has 1 atom stereocenters. The van der Waals surface area contributed by atoms with Crippen molar-refractivity contribution >= 4 is 5.82 Å². The lowest BCUT2D eigenvalue weighted by atomic mass is 10.1. The third kappa shape index (κ3) is 5.79. The van der Waals surface area contributed by atoms with Gasteiger partial charge in [0, 0.05) is 32.7 Å². The third-order valence-electron chi connectivity index (χ3n) is 5.49. The van der Waals surface area contributed by atoms with Crippen molar-refractivity contribution in [3.63, 3.8) is 0 Å². The first kappa shape index (κ1) is 22.6. The minimum atomic E-state index is -4.49. The summed E-state index contributed by atoms with van der Waals surface area (Å²) in [7, 11) is 0. The average molecular weight is 453 g/mol. The Morgan fingerprint density at radius 3 is 2.18 bits per heavy atom. The molecule has 0 aliphatic carbocycles. The smallest absolute Gasteiger partial charge is 0.435 e. The van der Waals surface area contributed by atoms with E-state index in [0.717, 1.165) is 11.6 Å². The summed E-state index contributed by atoms with van der Waals surface area (Å²) in [4.78, 5) is 4.19. The molecular weight excluding hydrogens is 431 g/mol. The fourth-order valence-electron chi connectivity index (χ4n) is 3.69. The summed E-state index contributed by atoms with van der Waals surface area (Å²) in [5.74, 6) is 1.12. The van der Waals surface area contributed by atoms with Gasteiger partial charge in [0.2, 0.25) is 0 Å². The van der Waals surface area contributed by atoms with Crippen molar-refractivity contribution in [3.05, 3.63) is 83.6 Å². The van der Waals surface area contributed by atoms with Crippen molar-refractivity contribution in [2.45, 2.75) is 12.3 Å². The molecular formula is C24H22F3N5O. The zero-order chi connectivity index (χ0) is 23.3. The summed E-state index contributed by atoms with van der Waals surface area (Å²) in [6, 6.07) is 21.4. The zero-order valence-electron chi connectivity index (χ0n) is 17.7. The van der Waals surface area contributed by atoms with Crippen LogP contribution in [0.4, 0.5) is 19.0 Å². The molecule has 1 aromatic heterocycles. The molecule has 0 spiro atoms. The van der Waals surface area contributed by atoms with E-state index in [4.69, 9.17) is 10.00 Å². The van der Waals surface area contributed by atoms with E-state index in [2.05, 4.69) is 21.2 Å². The van der Waals surface area contributed by atoms with Crippen LogP contribution in [0.15, 0.2) is 66.7 Å². The number of nitriles is 1. The molecule has 0 saturated carbocycles. The van der Waals surface area contributed by atoms with Gasteiger partial charge in [0.05, 0.1) is 11.6 Å². The molecule has 170 valence electrons. The van der Waals surface area contributed by atoms with E-state index in [9.17, 15) is 13.2 Å². The Kier molecular flexibility index (Phi) is 6.75. The predicted molar refractivity (Wildman–Crippen MR) is 117 cm³/mol. The standard InChI is InChI=1S/C24H22F3N5O/c25-24(26,27)22-10-11-23(30-29-22)32-14-12-31(13-15-32)17-21(19-4-2-1-3-5-19)33-20-8-6-18(16-28)7-9-20/h1-11,21H,12-15,17H2. The summed E-state index contributed by atoms with van der Waals surface area (Å²) < 4.78 is 44.4. The van der Waals surface area contributed by atoms with Gasteiger partial charge in [-0.15, -0.1) is 10.2 Å². The lowest BCUT2D eigenvalue weighted by Gasteiger charge is -2.37. The number of nitrogens with zero attached hydrogens (tertiary/aromatic N) is 5. The zero-order valence-corrected chi connectivity index (χ0v) is 17.7. The third-order valence-corrected chi connectivity index (χ3v) is 5.49. The van der Waals surface area contributed by atoms with Crippen molar-refractivity contribution < 1.29 is 17.9 Å². The summed E-state index contributed by atoms with van der Waals surface area (Å²) in [5.41, 5.74) is 0.620. The van der Waals surface area contributed by atoms with Gasteiger partial charge in [0.1, 0.15) is 11.9 Å². The molecule has 1 fully saturated rings. The molecule has 0 N–H and O–H groups in total. The largest absolute Gasteiger partial charge is 0.484 e. The van der Waals surface area contributed by atoms with Crippen molar-refractivity contribution in [2.75, 3.05) is 37.6 Å². The maximum Gasteiger partial charge on any atom is 0.435 e. The van der Waals surface area contributed by atoms with Gasteiger partial charge in [-0.2, -0.15) is 18.4 Å². The fourth-order valence-corrected chi connectivity index (χ4v) is 3.69. The van der Waals surface area contributed by atoms with Crippen molar-refractivity contribution in [3.8, 4) is 11.8 Å². The van der Waals surface area contributed by atoms with Crippen LogP contribution in [0, 0.1) is 11.3 Å². The van der Waals surface area contributed by atoms with E-state index < -0.39 is 11.9 Å². The molecule has 9 heteroatoms. The monoisotopic (exact) mass is 453 g/mol. The van der Waals surface area contributed by atoms with Crippen molar-refractivity contribution in [1.29, 1.82) is 5.26 Å². The number of aromatic nitrogens is 2. The van der Waals surface area contributed by atoms with Crippen LogP contribution in [0.3, 0.4) is 0 Å². The first-order valence-corrected chi connectivity index (χ1v) is 10.5. The molecule has 1 saturated heterocycles. The van der Waals surface area contributed by atoms with Crippen molar-refractivity contribution in [1.82, 2.24) is 15.1 Å². The highest BCUT2D eigenvalue weighted by atomic mass is 19.4. The number of hydrogen-bond donors (Lipinski definition) is 0. The lowest BCUT2D eigenvalue weighted by molar-refractivity contribution is -0.141. The van der Waals surface area contributed by atoms with Gasteiger partial charge in [0.25, 0.3) is 0 Å². The first-order chi connectivity index (χ1) is 15.9. The van der Waals surface area contributed by atoms with Crippen LogP contribution in [-0.4, -0.2) is 47.8 Å². The Hall–Kier alpha value is -3.64. The summed E-state index contributed by atoms with van der Waals surface area (Å²) in [6.45, 7) is 3.32. The Morgan fingerprint density at radius 1 is 0.909 bits per heavy atom. The molecule has 33 heavy (non-hydrogen) atoms. The highest BCUT2D eigenvalue weighted by Crippen LogP contribution is 2.28. The lowest BCUT2D eigenvalue weighted by Crippen LogP contribution is -2.48. The highest BCUT2D eigenvalue weighted by Gasteiger charge is 2.33. The molecule has 0 radical (unpaired) electrons. The number of ether oxygens (including phenoxy) is 1. The van der Waals surface area contributed by atoms with E-state index in [1.807, 2.05) is 35.2 Å². The maximum atomic E-state index is 12.7. The number of alkyl halides is 3. The Labute approximate surface area is 189 Å². The molecule has 2 aromatic carbocycles. The number of halogens is 3. The Morgan fingerprint density at radius 2 is 1.61 bits per heavy atom. The quantitative estimate of drug-likeness (QED) is 0.554. The second-order valence-corrected chi connectivity index (χ2v) is 7.72. The van der Waals surface area contributed by atoms with Crippen LogP contribution in [0.5, 0.6) is 5.75 Å². The van der Waals surface area contributed by atoms with E-state index in [0.29, 0.717) is 49.9 Å². The number of anilines is 1. The van der Waals surface area contributed by atoms with E-state index in [-0.39, 0.29) is 6.10 Å². The molecule has 1 unspecified atom stereocenters. The molecule has 0 bridgehead atoms. The minimum Gasteiger partial charge on any atom is -0.484 e. The van der Waals surface area contributed by atoms with Gasteiger partial charge in [-0.3, -0.25) is 4.90 Å². The number of benzene rings is 2. The maximum absolute atomic E-state index is 12.7. The van der Waals surface area contributed by atoms with Gasteiger partial charge < -0.3 is 9.64 Å². The second kappa shape index (κ2) is 9.88. The van der Waals surface area contributed by atoms with Crippen LogP contribution < -0.4 is 9.64 Å². The van der Waals surface area contributed by atoms with E-state index >= 15 is 0 Å². The van der Waals surface area contributed by atoms with Crippen molar-refractivity contribution in [2.24, 2.45) is 0 Å².